The normalized spacial score (nSPS) is 18.6. The van der Waals surface area contributed by atoms with Crippen molar-refractivity contribution in [3.8, 4) is 17.0 Å². The van der Waals surface area contributed by atoms with Gasteiger partial charge in [0.05, 0.1) is 24.2 Å². The van der Waals surface area contributed by atoms with Crippen molar-refractivity contribution in [1.82, 2.24) is 14.0 Å². The number of sulfone groups is 1. The van der Waals surface area contributed by atoms with Crippen molar-refractivity contribution in [3.63, 3.8) is 0 Å². The Morgan fingerprint density at radius 3 is 2.31 bits per heavy atom. The number of rotatable bonds is 6. The van der Waals surface area contributed by atoms with Crippen LogP contribution in [0.1, 0.15) is 30.0 Å². The van der Waals surface area contributed by atoms with Gasteiger partial charge in [0.2, 0.25) is 5.88 Å². The minimum Gasteiger partial charge on any atom is -0.493 e. The maximum absolute atomic E-state index is 12.5. The van der Waals surface area contributed by atoms with E-state index in [1.165, 1.54) is 10.8 Å². The monoisotopic (exact) mass is 453 g/mol. The summed E-state index contributed by atoms with van der Waals surface area (Å²) in [6.45, 7) is 2.33. The second-order valence-corrected chi connectivity index (χ2v) is 11.1. The zero-order chi connectivity index (χ0) is 22.3. The third-order valence-corrected chi connectivity index (χ3v) is 7.90. The summed E-state index contributed by atoms with van der Waals surface area (Å²) < 4.78 is 26.3. The fraction of sp³-hybridized carbons (Fsp3) is 0.375. The van der Waals surface area contributed by atoms with Gasteiger partial charge in [-0.15, -0.1) is 0 Å². The van der Waals surface area contributed by atoms with Crippen molar-refractivity contribution in [2.24, 2.45) is 0 Å². The van der Waals surface area contributed by atoms with E-state index in [1.54, 1.807) is 4.57 Å². The first-order valence-corrected chi connectivity index (χ1v) is 12.8. The Morgan fingerprint density at radius 2 is 1.62 bits per heavy atom. The molecule has 1 aromatic heterocycles. The van der Waals surface area contributed by atoms with Crippen LogP contribution in [-0.4, -0.2) is 52.2 Å². The van der Waals surface area contributed by atoms with Crippen LogP contribution < -0.4 is 5.69 Å². The van der Waals surface area contributed by atoms with Gasteiger partial charge in [-0.3, -0.25) is 14.0 Å². The predicted molar refractivity (Wildman–Crippen MR) is 124 cm³/mol. The topological polar surface area (TPSA) is 84.5 Å². The van der Waals surface area contributed by atoms with Gasteiger partial charge in [0, 0.05) is 25.7 Å². The molecule has 7 nitrogen and oxygen atoms in total. The molecule has 0 atom stereocenters. The second kappa shape index (κ2) is 8.26. The third kappa shape index (κ3) is 4.52. The van der Waals surface area contributed by atoms with Crippen molar-refractivity contribution in [1.29, 1.82) is 0 Å². The summed E-state index contributed by atoms with van der Waals surface area (Å²) in [6.07, 6.45) is 3.41. The van der Waals surface area contributed by atoms with Crippen LogP contribution in [-0.2, 0) is 22.9 Å². The molecule has 0 radical (unpaired) electrons. The Bertz CT molecular complexity index is 1270. The Labute approximate surface area is 187 Å². The average molecular weight is 454 g/mol. The number of nitrogens with zero attached hydrogens (tertiary/aromatic N) is 3. The first-order chi connectivity index (χ1) is 15.4. The molecule has 2 aliphatic rings. The van der Waals surface area contributed by atoms with E-state index in [0.29, 0.717) is 19.6 Å². The third-order valence-electron chi connectivity index (χ3n) is 6.29. The highest BCUT2D eigenvalue weighted by Gasteiger charge is 2.28. The van der Waals surface area contributed by atoms with E-state index in [0.717, 1.165) is 41.6 Å². The standard InChI is InChI=1S/C24H27N3O4S/c28-23-17-26(24(29)27(23)22-8-9-22)16-18-4-6-20(7-5-18)21-3-1-2-19(14-21)15-25-10-12-32(30,31)13-11-25/h1-7,14,17,22,28H,8-13,15-16H2. The average Bonchev–Trinajstić information content (AvgIpc) is 3.56. The highest BCUT2D eigenvalue weighted by atomic mass is 32.2. The SMILES string of the molecule is O=c1n(Cc2ccc(-c3cccc(CN4CCS(=O)(=O)CC4)c3)cc2)cc(O)n1C1CC1. The molecule has 5 rings (SSSR count). The minimum atomic E-state index is -2.87. The van der Waals surface area contributed by atoms with Gasteiger partial charge in [-0.05, 0) is 41.2 Å². The first-order valence-electron chi connectivity index (χ1n) is 11.0. The highest BCUT2D eigenvalue weighted by Crippen LogP contribution is 2.36. The number of imidazole rings is 1. The molecule has 1 aliphatic carbocycles. The van der Waals surface area contributed by atoms with Gasteiger partial charge in [0.1, 0.15) is 0 Å². The Kier molecular flexibility index (Phi) is 5.43. The molecule has 3 aromatic rings. The van der Waals surface area contributed by atoms with Crippen LogP contribution in [0.5, 0.6) is 5.88 Å². The number of aromatic hydroxyl groups is 1. The predicted octanol–water partition coefficient (Wildman–Crippen LogP) is 2.64. The number of benzene rings is 2. The van der Waals surface area contributed by atoms with Crippen molar-refractivity contribution < 1.29 is 13.5 Å². The molecule has 0 spiro atoms. The van der Waals surface area contributed by atoms with Gasteiger partial charge in [0.15, 0.2) is 9.84 Å². The smallest absolute Gasteiger partial charge is 0.331 e. The highest BCUT2D eigenvalue weighted by molar-refractivity contribution is 7.91. The summed E-state index contributed by atoms with van der Waals surface area (Å²) in [5, 5.41) is 10.1. The molecular weight excluding hydrogens is 426 g/mol. The zero-order valence-corrected chi connectivity index (χ0v) is 18.7. The van der Waals surface area contributed by atoms with Crippen LogP contribution in [0.4, 0.5) is 0 Å². The molecule has 1 saturated carbocycles. The zero-order valence-electron chi connectivity index (χ0n) is 17.9. The largest absolute Gasteiger partial charge is 0.493 e. The molecule has 2 fully saturated rings. The van der Waals surface area contributed by atoms with Gasteiger partial charge < -0.3 is 5.11 Å². The maximum atomic E-state index is 12.5. The molecule has 168 valence electrons. The summed E-state index contributed by atoms with van der Waals surface area (Å²) >= 11 is 0. The fourth-order valence-electron chi connectivity index (χ4n) is 4.30. The van der Waals surface area contributed by atoms with E-state index in [1.807, 2.05) is 30.3 Å². The quantitative estimate of drug-likeness (QED) is 0.620. The molecule has 8 heteroatoms. The molecule has 0 amide bonds. The van der Waals surface area contributed by atoms with E-state index in [2.05, 4.69) is 23.1 Å². The van der Waals surface area contributed by atoms with Crippen LogP contribution in [0, 0.1) is 0 Å². The second-order valence-electron chi connectivity index (χ2n) is 8.82. The Hall–Kier alpha value is -2.84. The molecule has 0 bridgehead atoms. The van der Waals surface area contributed by atoms with Crippen LogP contribution >= 0.6 is 0 Å². The van der Waals surface area contributed by atoms with Crippen molar-refractivity contribution >= 4 is 9.84 Å². The maximum Gasteiger partial charge on any atom is 0.331 e. The molecule has 1 saturated heterocycles. The summed E-state index contributed by atoms with van der Waals surface area (Å²) in [4.78, 5) is 14.7. The van der Waals surface area contributed by atoms with E-state index in [4.69, 9.17) is 0 Å². The lowest BCUT2D eigenvalue weighted by Gasteiger charge is -2.26. The first kappa shape index (κ1) is 21.0. The summed E-state index contributed by atoms with van der Waals surface area (Å²) in [5.41, 5.74) is 4.19. The molecule has 2 aromatic carbocycles. The summed E-state index contributed by atoms with van der Waals surface area (Å²) in [7, 11) is -2.87. The van der Waals surface area contributed by atoms with E-state index in [-0.39, 0.29) is 29.1 Å². The molecule has 1 N–H and O–H groups in total. The van der Waals surface area contributed by atoms with Gasteiger partial charge in [-0.1, -0.05) is 42.5 Å². The van der Waals surface area contributed by atoms with Crippen molar-refractivity contribution in [2.75, 3.05) is 24.6 Å². The van der Waals surface area contributed by atoms with Crippen LogP contribution in [0.3, 0.4) is 0 Å². The summed E-state index contributed by atoms with van der Waals surface area (Å²) in [5.74, 6) is 0.509. The Balaban J connectivity index is 1.28. The lowest BCUT2D eigenvalue weighted by atomic mass is 10.0. The minimum absolute atomic E-state index is 0.0391. The van der Waals surface area contributed by atoms with E-state index < -0.39 is 9.84 Å². The summed E-state index contributed by atoms with van der Waals surface area (Å²) in [6, 6.07) is 16.6. The van der Waals surface area contributed by atoms with E-state index >= 15 is 0 Å². The van der Waals surface area contributed by atoms with Crippen molar-refractivity contribution in [2.45, 2.75) is 32.0 Å². The molecule has 2 heterocycles. The van der Waals surface area contributed by atoms with Gasteiger partial charge in [-0.25, -0.2) is 13.2 Å². The molecule has 0 unspecified atom stereocenters. The van der Waals surface area contributed by atoms with Crippen LogP contribution in [0.2, 0.25) is 0 Å². The lowest BCUT2D eigenvalue weighted by molar-refractivity contribution is 0.288. The van der Waals surface area contributed by atoms with Gasteiger partial charge >= 0.3 is 5.69 Å². The number of hydrogen-bond acceptors (Lipinski definition) is 5. The fourth-order valence-corrected chi connectivity index (χ4v) is 5.57. The lowest BCUT2D eigenvalue weighted by Crippen LogP contribution is -2.39. The van der Waals surface area contributed by atoms with Crippen LogP contribution in [0.15, 0.2) is 59.5 Å². The molecular formula is C24H27N3O4S. The number of hydrogen-bond donors (Lipinski definition) is 1. The number of aromatic nitrogens is 2. The van der Waals surface area contributed by atoms with E-state index in [9.17, 15) is 18.3 Å². The Morgan fingerprint density at radius 1 is 0.906 bits per heavy atom. The van der Waals surface area contributed by atoms with Gasteiger partial charge in [0.25, 0.3) is 0 Å². The van der Waals surface area contributed by atoms with Crippen molar-refractivity contribution in [3.05, 3.63) is 76.3 Å². The molecule has 32 heavy (non-hydrogen) atoms. The molecule has 1 aliphatic heterocycles. The van der Waals surface area contributed by atoms with Crippen LogP contribution in [0.25, 0.3) is 11.1 Å². The van der Waals surface area contributed by atoms with Gasteiger partial charge in [-0.2, -0.15) is 0 Å².